The molecular formula is C16H12F2N4OS2. The number of nitrogens with zero attached hydrogens (tertiary/aromatic N) is 3. The van der Waals surface area contributed by atoms with Crippen LogP contribution in [0.3, 0.4) is 0 Å². The van der Waals surface area contributed by atoms with Crippen LogP contribution in [-0.2, 0) is 4.79 Å². The third kappa shape index (κ3) is 2.58. The molecule has 2 aromatic heterocycles. The average molecular weight is 378 g/mol. The summed E-state index contributed by atoms with van der Waals surface area (Å²) in [5, 5.41) is 3.64. The van der Waals surface area contributed by atoms with Crippen LogP contribution in [0.4, 0.5) is 14.5 Å². The molecule has 9 heteroatoms. The van der Waals surface area contributed by atoms with Crippen molar-refractivity contribution in [2.24, 2.45) is 9.98 Å². The number of carbonyl (C=O) groups is 1. The van der Waals surface area contributed by atoms with Gasteiger partial charge in [-0.05, 0) is 18.6 Å². The molecule has 0 aliphatic carbocycles. The van der Waals surface area contributed by atoms with E-state index in [0.717, 1.165) is 4.88 Å². The van der Waals surface area contributed by atoms with Gasteiger partial charge in [0.25, 0.3) is 6.43 Å². The topological polar surface area (TPSA) is 66.7 Å². The number of aryl methyl sites for hydroxylation is 1. The lowest BCUT2D eigenvalue weighted by molar-refractivity contribution is -0.114. The van der Waals surface area contributed by atoms with Gasteiger partial charge in [-0.15, -0.1) is 17.9 Å². The summed E-state index contributed by atoms with van der Waals surface area (Å²) in [4.78, 5) is 26.5. The Morgan fingerprint density at radius 1 is 1.52 bits per heavy atom. The summed E-state index contributed by atoms with van der Waals surface area (Å²) in [6, 6.07) is 1.36. The molecule has 1 N–H and O–H groups in total. The molecule has 1 atom stereocenters. The molecule has 0 radical (unpaired) electrons. The Morgan fingerprint density at radius 3 is 3.04 bits per heavy atom. The van der Waals surface area contributed by atoms with Crippen LogP contribution in [0.15, 0.2) is 28.7 Å². The number of thioether (sulfide) groups is 1. The number of hydrogen-bond donors (Lipinski definition) is 1. The van der Waals surface area contributed by atoms with Crippen LogP contribution in [0.1, 0.15) is 22.6 Å². The van der Waals surface area contributed by atoms with Crippen LogP contribution < -0.4 is 5.32 Å². The molecule has 5 nitrogen and oxygen atoms in total. The molecule has 1 amide bonds. The number of amidine groups is 1. The number of hydrogen-bond acceptors (Lipinski definition) is 5. The van der Waals surface area contributed by atoms with Gasteiger partial charge in [-0.2, -0.15) is 0 Å². The smallest absolute Gasteiger partial charge is 0.280 e. The number of pyridine rings is 1. The molecule has 1 unspecified atom stereocenters. The first kappa shape index (κ1) is 16.3. The van der Waals surface area contributed by atoms with E-state index in [2.05, 4.69) is 26.9 Å². The average Bonchev–Trinajstić information content (AvgIpc) is 3.14. The van der Waals surface area contributed by atoms with E-state index in [4.69, 9.17) is 0 Å². The molecule has 4 rings (SSSR count). The highest BCUT2D eigenvalue weighted by Crippen LogP contribution is 2.44. The van der Waals surface area contributed by atoms with Crippen molar-refractivity contribution in [2.75, 3.05) is 11.9 Å². The maximum atomic E-state index is 13.0. The minimum Gasteiger partial charge on any atom is -0.323 e. The Labute approximate surface area is 150 Å². The zero-order valence-corrected chi connectivity index (χ0v) is 14.7. The number of carbonyl (C=O) groups excluding carboxylic acids is 1. The molecule has 2 aromatic rings. The quantitative estimate of drug-likeness (QED) is 0.823. The minimum absolute atomic E-state index is 0.183. The third-order valence-corrected chi connectivity index (χ3v) is 6.08. The standard InChI is InChI=1S/C16H12F2N4OS2/c1-3-4-19-16-22-10-11-9(21-14(23)12(10)25-16)8-6(2)5-7(13(17)18)20-15(8)24-11/h3,5,12-13H,1,4H2,2H3,(H,21,23). The second-order valence-electron chi connectivity index (χ2n) is 5.55. The largest absolute Gasteiger partial charge is 0.323 e. The van der Waals surface area contributed by atoms with Crippen molar-refractivity contribution in [3.63, 3.8) is 0 Å². The number of anilines is 1. The Hall–Kier alpha value is -2.13. The van der Waals surface area contributed by atoms with Gasteiger partial charge in [0.05, 0.1) is 22.8 Å². The molecule has 2 aliphatic heterocycles. The Kier molecular flexibility index (Phi) is 3.92. The zero-order valence-electron chi connectivity index (χ0n) is 13.0. The zero-order chi connectivity index (χ0) is 17.7. The van der Waals surface area contributed by atoms with Gasteiger partial charge in [-0.3, -0.25) is 9.79 Å². The number of alkyl halides is 2. The molecule has 0 spiro atoms. The van der Waals surface area contributed by atoms with Gasteiger partial charge in [0.15, 0.2) is 5.17 Å². The number of aliphatic imine (C=N–C) groups is 2. The first-order valence-corrected chi connectivity index (χ1v) is 9.13. The van der Waals surface area contributed by atoms with Crippen molar-refractivity contribution in [1.29, 1.82) is 0 Å². The summed E-state index contributed by atoms with van der Waals surface area (Å²) >= 11 is 2.55. The van der Waals surface area contributed by atoms with Crippen molar-refractivity contribution in [1.82, 2.24) is 4.98 Å². The van der Waals surface area contributed by atoms with Gasteiger partial charge in [0.1, 0.15) is 15.8 Å². The molecular weight excluding hydrogens is 366 g/mol. The van der Waals surface area contributed by atoms with E-state index < -0.39 is 11.7 Å². The van der Waals surface area contributed by atoms with E-state index in [-0.39, 0.29) is 11.6 Å². The number of amides is 1. The van der Waals surface area contributed by atoms with Gasteiger partial charge in [-0.1, -0.05) is 17.8 Å². The molecule has 4 heterocycles. The monoisotopic (exact) mass is 378 g/mol. The number of nitrogens with one attached hydrogen (secondary N) is 1. The van der Waals surface area contributed by atoms with Crippen LogP contribution in [0.2, 0.25) is 0 Å². The second kappa shape index (κ2) is 5.99. The van der Waals surface area contributed by atoms with Gasteiger partial charge in [0, 0.05) is 5.39 Å². The summed E-state index contributed by atoms with van der Waals surface area (Å²) in [7, 11) is 0. The normalized spacial score (nSPS) is 20.6. The fourth-order valence-corrected chi connectivity index (χ4v) is 5.09. The molecule has 0 fully saturated rings. The molecule has 25 heavy (non-hydrogen) atoms. The lowest BCUT2D eigenvalue weighted by Crippen LogP contribution is -2.35. The van der Waals surface area contributed by atoms with Gasteiger partial charge in [0.2, 0.25) is 5.91 Å². The summed E-state index contributed by atoms with van der Waals surface area (Å²) in [5.74, 6) is -0.183. The molecule has 0 aromatic carbocycles. The van der Waals surface area contributed by atoms with E-state index in [1.165, 1.54) is 29.2 Å². The summed E-state index contributed by atoms with van der Waals surface area (Å²) in [5.41, 5.74) is 1.62. The fourth-order valence-electron chi connectivity index (χ4n) is 2.82. The summed E-state index contributed by atoms with van der Waals surface area (Å²) in [6.07, 6.45) is -0.985. The van der Waals surface area contributed by atoms with Crippen molar-refractivity contribution in [3.05, 3.63) is 34.9 Å². The van der Waals surface area contributed by atoms with Crippen molar-refractivity contribution in [3.8, 4) is 0 Å². The third-order valence-electron chi connectivity index (χ3n) is 3.86. The van der Waals surface area contributed by atoms with Crippen molar-refractivity contribution in [2.45, 2.75) is 18.6 Å². The molecule has 2 aliphatic rings. The van der Waals surface area contributed by atoms with E-state index in [0.29, 0.717) is 38.9 Å². The van der Waals surface area contributed by atoms with Crippen molar-refractivity contribution < 1.29 is 13.6 Å². The van der Waals surface area contributed by atoms with E-state index in [1.54, 1.807) is 13.0 Å². The number of thiophene rings is 1. The maximum absolute atomic E-state index is 13.0. The SMILES string of the molecule is C=CCN=C1N=C2c3sc4nc(C(F)F)cc(C)c4c3NC(=O)C2S1. The van der Waals surface area contributed by atoms with Crippen molar-refractivity contribution >= 4 is 55.8 Å². The second-order valence-corrected chi connectivity index (χ2v) is 7.62. The Morgan fingerprint density at radius 2 is 2.32 bits per heavy atom. The summed E-state index contributed by atoms with van der Waals surface area (Å²) in [6.45, 7) is 5.77. The highest BCUT2D eigenvalue weighted by molar-refractivity contribution is 8.16. The predicted octanol–water partition coefficient (Wildman–Crippen LogP) is 3.94. The van der Waals surface area contributed by atoms with Crippen LogP contribution in [-0.4, -0.2) is 33.6 Å². The minimum atomic E-state index is -2.64. The lowest BCUT2D eigenvalue weighted by Gasteiger charge is -2.18. The molecule has 0 saturated carbocycles. The number of fused-ring (bicyclic) bond motifs is 5. The molecule has 0 bridgehead atoms. The number of aromatic nitrogens is 1. The van der Waals surface area contributed by atoms with E-state index in [1.807, 2.05) is 0 Å². The Bertz CT molecular complexity index is 980. The highest BCUT2D eigenvalue weighted by Gasteiger charge is 2.41. The lowest BCUT2D eigenvalue weighted by atomic mass is 10.0. The highest BCUT2D eigenvalue weighted by atomic mass is 32.2. The molecule has 128 valence electrons. The van der Waals surface area contributed by atoms with Gasteiger partial charge < -0.3 is 5.32 Å². The van der Waals surface area contributed by atoms with Gasteiger partial charge in [-0.25, -0.2) is 18.8 Å². The van der Waals surface area contributed by atoms with Crippen LogP contribution in [0, 0.1) is 6.92 Å². The molecule has 0 saturated heterocycles. The number of rotatable bonds is 3. The van der Waals surface area contributed by atoms with Gasteiger partial charge >= 0.3 is 0 Å². The van der Waals surface area contributed by atoms with Crippen LogP contribution >= 0.6 is 23.1 Å². The maximum Gasteiger partial charge on any atom is 0.280 e. The van der Waals surface area contributed by atoms with Crippen LogP contribution in [0.5, 0.6) is 0 Å². The Balaban J connectivity index is 1.90. The van der Waals surface area contributed by atoms with E-state index in [9.17, 15) is 13.6 Å². The van der Waals surface area contributed by atoms with Crippen LogP contribution in [0.25, 0.3) is 10.2 Å². The number of halogens is 2. The van der Waals surface area contributed by atoms with E-state index >= 15 is 0 Å². The fraction of sp³-hybridized carbons (Fsp3) is 0.250. The first-order valence-electron chi connectivity index (χ1n) is 7.43. The predicted molar refractivity (Wildman–Crippen MR) is 98.4 cm³/mol. The summed E-state index contributed by atoms with van der Waals surface area (Å²) < 4.78 is 26.1. The first-order chi connectivity index (χ1) is 12.0.